The molecule has 0 N–H and O–H groups in total. The highest BCUT2D eigenvalue weighted by Gasteiger charge is 2.31. The van der Waals surface area contributed by atoms with Gasteiger partial charge in [-0.05, 0) is 62.1 Å². The van der Waals surface area contributed by atoms with Crippen LogP contribution in [0.2, 0.25) is 0 Å². The lowest BCUT2D eigenvalue weighted by molar-refractivity contribution is 0.0615. The number of hydrogen-bond donors (Lipinski definition) is 0. The second-order valence-corrected chi connectivity index (χ2v) is 7.96. The van der Waals surface area contributed by atoms with Crippen LogP contribution in [0, 0.1) is 6.92 Å². The molecule has 5 nitrogen and oxygen atoms in total. The number of hydrogen-bond acceptors (Lipinski definition) is 5. The molecule has 0 bridgehead atoms. The van der Waals surface area contributed by atoms with Crippen LogP contribution in [0.5, 0.6) is 5.75 Å². The van der Waals surface area contributed by atoms with Crippen LogP contribution in [-0.2, 0) is 0 Å². The molecule has 3 heterocycles. The van der Waals surface area contributed by atoms with Crippen molar-refractivity contribution in [1.29, 1.82) is 0 Å². The van der Waals surface area contributed by atoms with E-state index in [-0.39, 0.29) is 11.9 Å². The van der Waals surface area contributed by atoms with Gasteiger partial charge in [-0.1, -0.05) is 6.07 Å². The summed E-state index contributed by atoms with van der Waals surface area (Å²) in [5.74, 6) is 0.879. The summed E-state index contributed by atoms with van der Waals surface area (Å²) in [6, 6.07) is 11.9. The van der Waals surface area contributed by atoms with Gasteiger partial charge in [0.2, 0.25) is 0 Å². The predicted octanol–water partition coefficient (Wildman–Crippen LogP) is 4.89. The summed E-state index contributed by atoms with van der Waals surface area (Å²) in [6.45, 7) is 2.69. The molecule has 3 aromatic rings. The Balaban J connectivity index is 1.62. The molecule has 1 saturated heterocycles. The fourth-order valence-electron chi connectivity index (χ4n) is 3.68. The number of aryl methyl sites for hydroxylation is 1. The third-order valence-electron chi connectivity index (χ3n) is 5.16. The summed E-state index contributed by atoms with van der Waals surface area (Å²) in [4.78, 5) is 25.0. The molecule has 2 aromatic heterocycles. The number of thiazole rings is 1. The zero-order chi connectivity index (χ0) is 19.5. The summed E-state index contributed by atoms with van der Waals surface area (Å²) in [7, 11) is 1.65. The quantitative estimate of drug-likeness (QED) is 0.633. The van der Waals surface area contributed by atoms with Crippen molar-refractivity contribution >= 4 is 17.2 Å². The molecule has 0 saturated carbocycles. The largest absolute Gasteiger partial charge is 0.497 e. The number of methoxy groups -OCH3 is 1. The van der Waals surface area contributed by atoms with Crippen LogP contribution in [0.25, 0.3) is 10.6 Å². The van der Waals surface area contributed by atoms with Crippen LogP contribution in [0.1, 0.15) is 46.2 Å². The van der Waals surface area contributed by atoms with Gasteiger partial charge in [-0.3, -0.25) is 9.78 Å². The number of likely N-dealkylation sites (tertiary alicyclic amines) is 1. The summed E-state index contributed by atoms with van der Waals surface area (Å²) >= 11 is 1.47. The first kappa shape index (κ1) is 18.6. The molecule has 1 aliphatic rings. The number of amides is 1. The maximum absolute atomic E-state index is 13.4. The molecule has 1 amide bonds. The summed E-state index contributed by atoms with van der Waals surface area (Å²) in [6.07, 6.45) is 6.78. The highest BCUT2D eigenvalue weighted by Crippen LogP contribution is 2.35. The van der Waals surface area contributed by atoms with Gasteiger partial charge in [0.15, 0.2) is 0 Å². The smallest absolute Gasteiger partial charge is 0.266 e. The van der Waals surface area contributed by atoms with E-state index in [9.17, 15) is 4.79 Å². The Hall–Kier alpha value is -2.73. The maximum Gasteiger partial charge on any atom is 0.266 e. The Kier molecular flexibility index (Phi) is 5.39. The van der Waals surface area contributed by atoms with E-state index in [2.05, 4.69) is 16.0 Å². The minimum Gasteiger partial charge on any atom is -0.497 e. The van der Waals surface area contributed by atoms with E-state index in [1.54, 1.807) is 13.3 Å². The lowest BCUT2D eigenvalue weighted by Crippen LogP contribution is -2.38. The summed E-state index contributed by atoms with van der Waals surface area (Å²) in [5.41, 5.74) is 2.89. The maximum atomic E-state index is 13.4. The second kappa shape index (κ2) is 8.10. The molecule has 0 aliphatic carbocycles. The molecule has 0 unspecified atom stereocenters. The number of benzene rings is 1. The third-order valence-corrected chi connectivity index (χ3v) is 6.36. The van der Waals surface area contributed by atoms with Gasteiger partial charge in [0, 0.05) is 24.5 Å². The van der Waals surface area contributed by atoms with E-state index in [1.165, 1.54) is 11.3 Å². The average Bonchev–Trinajstić information content (AvgIpc) is 3.15. The van der Waals surface area contributed by atoms with Crippen molar-refractivity contribution in [2.45, 2.75) is 32.2 Å². The van der Waals surface area contributed by atoms with Crippen molar-refractivity contribution in [3.8, 4) is 16.3 Å². The van der Waals surface area contributed by atoms with Crippen LogP contribution >= 0.6 is 11.3 Å². The molecular weight excluding hydrogens is 370 g/mol. The lowest BCUT2D eigenvalue weighted by Gasteiger charge is -2.35. The van der Waals surface area contributed by atoms with Crippen LogP contribution in [0.15, 0.2) is 48.8 Å². The molecule has 1 fully saturated rings. The molecule has 0 spiro atoms. The van der Waals surface area contributed by atoms with Crippen LogP contribution in [-0.4, -0.2) is 34.4 Å². The monoisotopic (exact) mass is 393 g/mol. The Morgan fingerprint density at radius 2 is 2.04 bits per heavy atom. The summed E-state index contributed by atoms with van der Waals surface area (Å²) in [5, 5.41) is 0.860. The number of piperidine rings is 1. The fraction of sp³-hybridized carbons (Fsp3) is 0.318. The number of aromatic nitrogens is 2. The van der Waals surface area contributed by atoms with Crippen LogP contribution < -0.4 is 4.74 Å². The van der Waals surface area contributed by atoms with Crippen molar-refractivity contribution in [2.24, 2.45) is 0 Å². The van der Waals surface area contributed by atoms with Gasteiger partial charge in [0.25, 0.3) is 5.91 Å². The molecular formula is C22H23N3O2S. The first-order chi connectivity index (χ1) is 13.7. The molecule has 144 valence electrons. The molecule has 1 aliphatic heterocycles. The fourth-order valence-corrected chi connectivity index (χ4v) is 4.70. The Morgan fingerprint density at radius 3 is 2.75 bits per heavy atom. The van der Waals surface area contributed by atoms with E-state index >= 15 is 0 Å². The van der Waals surface area contributed by atoms with Crippen LogP contribution in [0.4, 0.5) is 0 Å². The standard InChI is InChI=1S/C22H23N3O2S/c1-15-20(28-21(24-15)16-8-10-18(27-2)11-9-16)22(26)25-13-4-3-7-19(25)17-6-5-12-23-14-17/h5-6,8-12,14,19H,3-4,7,13H2,1-2H3/t19-/m0/s1. The second-order valence-electron chi connectivity index (χ2n) is 6.96. The average molecular weight is 394 g/mol. The zero-order valence-electron chi connectivity index (χ0n) is 16.1. The van der Waals surface area contributed by atoms with Crippen molar-refractivity contribution in [1.82, 2.24) is 14.9 Å². The molecule has 1 aromatic carbocycles. The van der Waals surface area contributed by atoms with E-state index in [4.69, 9.17) is 4.74 Å². The lowest BCUT2D eigenvalue weighted by atomic mass is 9.96. The minimum absolute atomic E-state index is 0.0725. The molecule has 4 rings (SSSR count). The van der Waals surface area contributed by atoms with E-state index in [0.717, 1.165) is 58.3 Å². The van der Waals surface area contributed by atoms with Crippen molar-refractivity contribution < 1.29 is 9.53 Å². The number of nitrogens with zero attached hydrogens (tertiary/aromatic N) is 3. The summed E-state index contributed by atoms with van der Waals surface area (Å²) < 4.78 is 5.22. The number of carbonyl (C=O) groups excluding carboxylic acids is 1. The van der Waals surface area contributed by atoms with E-state index < -0.39 is 0 Å². The van der Waals surface area contributed by atoms with Gasteiger partial charge in [-0.2, -0.15) is 0 Å². The molecule has 6 heteroatoms. The molecule has 1 atom stereocenters. The first-order valence-electron chi connectivity index (χ1n) is 9.50. The number of ether oxygens (including phenoxy) is 1. The SMILES string of the molecule is COc1ccc(-c2nc(C)c(C(=O)N3CCCC[C@H]3c3cccnc3)s2)cc1. The predicted molar refractivity (Wildman–Crippen MR) is 111 cm³/mol. The van der Waals surface area contributed by atoms with Gasteiger partial charge < -0.3 is 9.64 Å². The zero-order valence-corrected chi connectivity index (χ0v) is 16.9. The minimum atomic E-state index is 0.0725. The Bertz CT molecular complexity index is 954. The number of carbonyl (C=O) groups is 1. The van der Waals surface area contributed by atoms with Gasteiger partial charge in [-0.15, -0.1) is 11.3 Å². The topological polar surface area (TPSA) is 55.3 Å². The number of pyridine rings is 1. The molecule has 0 radical (unpaired) electrons. The molecule has 28 heavy (non-hydrogen) atoms. The third kappa shape index (κ3) is 3.64. The van der Waals surface area contributed by atoms with Gasteiger partial charge in [0.1, 0.15) is 15.6 Å². The highest BCUT2D eigenvalue weighted by molar-refractivity contribution is 7.17. The Labute approximate surface area is 169 Å². The van der Waals surface area contributed by atoms with Crippen molar-refractivity contribution in [2.75, 3.05) is 13.7 Å². The van der Waals surface area contributed by atoms with Gasteiger partial charge in [-0.25, -0.2) is 4.98 Å². The van der Waals surface area contributed by atoms with Gasteiger partial charge >= 0.3 is 0 Å². The van der Waals surface area contributed by atoms with E-state index in [1.807, 2.05) is 48.4 Å². The van der Waals surface area contributed by atoms with Crippen molar-refractivity contribution in [3.63, 3.8) is 0 Å². The van der Waals surface area contributed by atoms with Crippen LogP contribution in [0.3, 0.4) is 0 Å². The normalized spacial score (nSPS) is 16.8. The van der Waals surface area contributed by atoms with E-state index in [0.29, 0.717) is 0 Å². The first-order valence-corrected chi connectivity index (χ1v) is 10.3. The van der Waals surface area contributed by atoms with Gasteiger partial charge in [0.05, 0.1) is 18.8 Å². The Morgan fingerprint density at radius 1 is 1.21 bits per heavy atom. The highest BCUT2D eigenvalue weighted by atomic mass is 32.1. The van der Waals surface area contributed by atoms with Crippen molar-refractivity contribution in [3.05, 3.63) is 64.9 Å². The number of rotatable bonds is 4.